The van der Waals surface area contributed by atoms with Gasteiger partial charge in [-0.3, -0.25) is 4.79 Å². The summed E-state index contributed by atoms with van der Waals surface area (Å²) in [6, 6.07) is 15.0. The third kappa shape index (κ3) is 3.74. The molecule has 1 unspecified atom stereocenters. The summed E-state index contributed by atoms with van der Waals surface area (Å²) in [7, 11) is 0. The zero-order valence-corrected chi connectivity index (χ0v) is 18.7. The molecular weight excluding hydrogens is 453 g/mol. The monoisotopic (exact) mass is 472 g/mol. The Labute approximate surface area is 193 Å². The van der Waals surface area contributed by atoms with Crippen LogP contribution in [0.3, 0.4) is 0 Å². The predicted octanol–water partition coefficient (Wildman–Crippen LogP) is 6.71. The number of alkyl halides is 3. The van der Waals surface area contributed by atoms with Crippen LogP contribution in [0.4, 0.5) is 13.2 Å². The molecule has 0 radical (unpaired) electrons. The van der Waals surface area contributed by atoms with E-state index in [1.165, 1.54) is 4.68 Å². The largest absolute Gasteiger partial charge is 0.442 e. The molecule has 0 bridgehead atoms. The van der Waals surface area contributed by atoms with E-state index in [0.717, 1.165) is 0 Å². The van der Waals surface area contributed by atoms with Gasteiger partial charge in [-0.2, -0.15) is 23.0 Å². The molecule has 0 saturated carbocycles. The lowest BCUT2D eigenvalue weighted by atomic mass is 9.70. The van der Waals surface area contributed by atoms with E-state index in [0.29, 0.717) is 28.5 Å². The molecule has 8 heteroatoms. The van der Waals surface area contributed by atoms with Gasteiger partial charge in [0.15, 0.2) is 11.5 Å². The number of Topliss-reactive ketones (excluding diaryl/α,β-unsaturated/α-hetero) is 1. The number of hydrogen-bond acceptors (Lipinski definition) is 3. The van der Waals surface area contributed by atoms with Crippen molar-refractivity contribution in [2.24, 2.45) is 5.41 Å². The fraction of sp³-hybridized carbons (Fsp3) is 0.280. The summed E-state index contributed by atoms with van der Waals surface area (Å²) in [6.07, 6.45) is -4.09. The minimum absolute atomic E-state index is 0.0160. The van der Waals surface area contributed by atoms with Crippen molar-refractivity contribution in [2.45, 2.75) is 38.8 Å². The van der Waals surface area contributed by atoms with Crippen molar-refractivity contribution in [3.8, 4) is 11.6 Å². The molecule has 2 heterocycles. The van der Waals surface area contributed by atoms with Crippen molar-refractivity contribution in [3.05, 3.63) is 87.8 Å². The van der Waals surface area contributed by atoms with E-state index in [4.69, 9.17) is 16.3 Å². The number of hydrogen-bond donors (Lipinski definition) is 0. The summed E-state index contributed by atoms with van der Waals surface area (Å²) in [4.78, 5) is 13.3. The molecule has 1 aromatic heterocycles. The number of aromatic nitrogens is 2. The molecule has 5 rings (SSSR count). The number of carbonyl (C=O) groups is 1. The maximum atomic E-state index is 14.2. The second-order valence-corrected chi connectivity index (χ2v) is 9.61. The highest BCUT2D eigenvalue weighted by atomic mass is 35.5. The van der Waals surface area contributed by atoms with Crippen LogP contribution in [0.5, 0.6) is 5.88 Å². The molecule has 170 valence electrons. The number of allylic oxidation sites excluding steroid dienone is 2. The lowest BCUT2D eigenvalue weighted by Gasteiger charge is -2.37. The minimum Gasteiger partial charge on any atom is -0.442 e. The SMILES string of the molecule is CC1(C)CC(=O)C2=C(C1)Oc1c(c(C(F)(F)F)nn1-c1ccccc1)C2c1ccc(Cl)cc1. The Morgan fingerprint density at radius 3 is 2.36 bits per heavy atom. The molecule has 0 N–H and O–H groups in total. The van der Waals surface area contributed by atoms with E-state index < -0.39 is 17.8 Å². The first-order valence-electron chi connectivity index (χ1n) is 10.5. The van der Waals surface area contributed by atoms with E-state index >= 15 is 0 Å². The first-order valence-corrected chi connectivity index (χ1v) is 10.9. The molecule has 1 aliphatic carbocycles. The van der Waals surface area contributed by atoms with Gasteiger partial charge in [0.1, 0.15) is 5.76 Å². The smallest absolute Gasteiger partial charge is 0.435 e. The van der Waals surface area contributed by atoms with Crippen LogP contribution < -0.4 is 4.74 Å². The van der Waals surface area contributed by atoms with E-state index in [9.17, 15) is 18.0 Å². The van der Waals surface area contributed by atoms with Gasteiger partial charge in [0.05, 0.1) is 11.3 Å². The minimum atomic E-state index is -4.74. The van der Waals surface area contributed by atoms with Gasteiger partial charge in [0.2, 0.25) is 5.88 Å². The molecule has 0 amide bonds. The molecular formula is C25H20ClF3N2O2. The van der Waals surface area contributed by atoms with Gasteiger partial charge in [-0.1, -0.05) is 55.8 Å². The number of fused-ring (bicyclic) bond motifs is 1. The number of benzene rings is 2. The highest BCUT2D eigenvalue weighted by Gasteiger charge is 2.49. The van der Waals surface area contributed by atoms with Gasteiger partial charge in [-0.15, -0.1) is 0 Å². The summed E-state index contributed by atoms with van der Waals surface area (Å²) in [5.41, 5.74) is -0.358. The van der Waals surface area contributed by atoms with Crippen LogP contribution in [0, 0.1) is 5.41 Å². The van der Waals surface area contributed by atoms with Crippen LogP contribution in [-0.2, 0) is 11.0 Å². The quantitative estimate of drug-likeness (QED) is 0.416. The highest BCUT2D eigenvalue weighted by molar-refractivity contribution is 6.30. The normalized spacial score (nSPS) is 19.7. The van der Waals surface area contributed by atoms with Crippen molar-refractivity contribution in [2.75, 3.05) is 0 Å². The summed E-state index contributed by atoms with van der Waals surface area (Å²) in [5, 5.41) is 4.40. The van der Waals surface area contributed by atoms with Gasteiger partial charge in [-0.05, 0) is 35.2 Å². The third-order valence-electron chi connectivity index (χ3n) is 6.03. The Bertz CT molecular complexity index is 1280. The van der Waals surface area contributed by atoms with Crippen molar-refractivity contribution in [1.82, 2.24) is 9.78 Å². The number of para-hydroxylation sites is 1. The average Bonchev–Trinajstić information content (AvgIpc) is 3.12. The van der Waals surface area contributed by atoms with Gasteiger partial charge in [0, 0.05) is 29.4 Å². The zero-order valence-electron chi connectivity index (χ0n) is 17.9. The first kappa shape index (κ1) is 21.8. The number of carbonyl (C=O) groups excluding carboxylic acids is 1. The summed E-state index contributed by atoms with van der Waals surface area (Å²) in [5.74, 6) is -0.793. The lowest BCUT2D eigenvalue weighted by Crippen LogP contribution is -2.33. The number of halogens is 4. The van der Waals surface area contributed by atoms with E-state index in [2.05, 4.69) is 5.10 Å². The first-order chi connectivity index (χ1) is 15.5. The maximum absolute atomic E-state index is 14.2. The van der Waals surface area contributed by atoms with Crippen LogP contribution in [0.15, 0.2) is 65.9 Å². The molecule has 2 aliphatic rings. The Morgan fingerprint density at radius 1 is 1.06 bits per heavy atom. The molecule has 1 atom stereocenters. The molecule has 2 aromatic carbocycles. The highest BCUT2D eigenvalue weighted by Crippen LogP contribution is 2.53. The van der Waals surface area contributed by atoms with E-state index in [1.807, 2.05) is 13.8 Å². The van der Waals surface area contributed by atoms with Gasteiger partial charge >= 0.3 is 6.18 Å². The number of ketones is 1. The standard InChI is InChI=1S/C25H20ClF3N2O2/c1-24(2)12-17(32)20-18(13-24)33-23-21(19(20)14-8-10-15(26)11-9-14)22(25(27,28)29)30-31(23)16-6-4-3-5-7-16/h3-11,19H,12-13H2,1-2H3. The summed E-state index contributed by atoms with van der Waals surface area (Å²) < 4.78 is 50.0. The second kappa shape index (κ2) is 7.48. The van der Waals surface area contributed by atoms with Crippen molar-refractivity contribution >= 4 is 17.4 Å². The van der Waals surface area contributed by atoms with Crippen LogP contribution in [0.25, 0.3) is 5.69 Å². The fourth-order valence-corrected chi connectivity index (χ4v) is 4.79. The Balaban J connectivity index is 1.82. The molecule has 33 heavy (non-hydrogen) atoms. The number of ether oxygens (including phenoxy) is 1. The molecule has 3 aromatic rings. The third-order valence-corrected chi connectivity index (χ3v) is 6.28. The van der Waals surface area contributed by atoms with Crippen LogP contribution >= 0.6 is 11.6 Å². The summed E-state index contributed by atoms with van der Waals surface area (Å²) in [6.45, 7) is 3.89. The molecule has 0 spiro atoms. The predicted molar refractivity (Wildman–Crippen MR) is 118 cm³/mol. The lowest BCUT2D eigenvalue weighted by molar-refractivity contribution is -0.142. The van der Waals surface area contributed by atoms with Crippen LogP contribution in [0.1, 0.15) is 49.4 Å². The molecule has 0 saturated heterocycles. The average molecular weight is 473 g/mol. The number of rotatable bonds is 2. The molecule has 4 nitrogen and oxygen atoms in total. The Kier molecular flexibility index (Phi) is 4.94. The van der Waals surface area contributed by atoms with Gasteiger partial charge in [0.25, 0.3) is 0 Å². The molecule has 0 fully saturated rings. The maximum Gasteiger partial charge on any atom is 0.435 e. The van der Waals surface area contributed by atoms with Crippen LogP contribution in [-0.4, -0.2) is 15.6 Å². The second-order valence-electron chi connectivity index (χ2n) is 9.18. The van der Waals surface area contributed by atoms with Crippen molar-refractivity contribution < 1.29 is 22.7 Å². The topological polar surface area (TPSA) is 44.1 Å². The van der Waals surface area contributed by atoms with Crippen LogP contribution in [0.2, 0.25) is 5.02 Å². The zero-order chi connectivity index (χ0) is 23.5. The van der Waals surface area contributed by atoms with Crippen molar-refractivity contribution in [3.63, 3.8) is 0 Å². The summed E-state index contributed by atoms with van der Waals surface area (Å²) >= 11 is 6.04. The van der Waals surface area contributed by atoms with E-state index in [1.54, 1.807) is 54.6 Å². The number of nitrogens with zero attached hydrogens (tertiary/aromatic N) is 2. The van der Waals surface area contributed by atoms with Gasteiger partial charge < -0.3 is 4.74 Å². The fourth-order valence-electron chi connectivity index (χ4n) is 4.67. The Morgan fingerprint density at radius 2 is 1.73 bits per heavy atom. The van der Waals surface area contributed by atoms with Crippen molar-refractivity contribution in [1.29, 1.82) is 0 Å². The Hall–Kier alpha value is -3.06. The van der Waals surface area contributed by atoms with Gasteiger partial charge in [-0.25, -0.2) is 0 Å². The van der Waals surface area contributed by atoms with E-state index in [-0.39, 0.29) is 34.6 Å². The molecule has 1 aliphatic heterocycles.